The molecule has 2 aliphatic heterocycles. The summed E-state index contributed by atoms with van der Waals surface area (Å²) in [5.41, 5.74) is 4.56. The Hall–Kier alpha value is -3.59. The largest absolute Gasteiger partial charge is 0.416 e. The van der Waals surface area contributed by atoms with Crippen LogP contribution in [0.1, 0.15) is 54.3 Å². The van der Waals surface area contributed by atoms with Gasteiger partial charge in [0.05, 0.1) is 29.2 Å². The number of benzene rings is 2. The Bertz CT molecular complexity index is 1390. The Kier molecular flexibility index (Phi) is 6.38. The van der Waals surface area contributed by atoms with Crippen molar-refractivity contribution in [3.8, 4) is 0 Å². The molecule has 1 aromatic heterocycles. The lowest BCUT2D eigenvalue weighted by Crippen LogP contribution is -2.49. The number of carbonyl (C=O) groups is 1. The Balaban J connectivity index is 1.34. The number of pyridine rings is 1. The van der Waals surface area contributed by atoms with Gasteiger partial charge >= 0.3 is 6.18 Å². The fourth-order valence-electron chi connectivity index (χ4n) is 5.50. The second-order valence-corrected chi connectivity index (χ2v) is 10.5. The number of nitrogens with one attached hydrogen (secondary N) is 2. The number of carbonyl (C=O) groups excluding carboxylic acids is 1. The zero-order valence-electron chi connectivity index (χ0n) is 22.0. The number of alkyl halides is 3. The minimum Gasteiger partial charge on any atom is -0.366 e. The van der Waals surface area contributed by atoms with Gasteiger partial charge in [-0.2, -0.15) is 13.2 Å². The van der Waals surface area contributed by atoms with Gasteiger partial charge in [-0.25, -0.2) is 4.98 Å². The van der Waals surface area contributed by atoms with E-state index >= 15 is 0 Å². The van der Waals surface area contributed by atoms with Gasteiger partial charge in [-0.3, -0.25) is 4.79 Å². The number of anilines is 3. The molecule has 0 bridgehead atoms. The number of rotatable bonds is 5. The molecule has 2 aliphatic rings. The summed E-state index contributed by atoms with van der Waals surface area (Å²) in [5.74, 6) is 0.835. The van der Waals surface area contributed by atoms with Crippen molar-refractivity contribution in [1.29, 1.82) is 0 Å². The third-order valence-electron chi connectivity index (χ3n) is 7.56. The number of aromatic nitrogens is 1. The highest BCUT2D eigenvalue weighted by Crippen LogP contribution is 2.43. The molecular weight excluding hydrogens is 493 g/mol. The Labute approximate surface area is 220 Å². The summed E-state index contributed by atoms with van der Waals surface area (Å²) in [4.78, 5) is 19.2. The van der Waals surface area contributed by atoms with Crippen LogP contribution in [0.4, 0.5) is 30.4 Å². The number of nitrogens with zero attached hydrogens (tertiary/aromatic N) is 2. The van der Waals surface area contributed by atoms with Gasteiger partial charge in [0.25, 0.3) is 0 Å². The Morgan fingerprint density at radius 2 is 1.89 bits per heavy atom. The zero-order chi connectivity index (χ0) is 27.4. The topological polar surface area (TPSA) is 66.5 Å². The number of likely N-dealkylation sites (N-methyl/N-ethyl adjacent to an activating group) is 1. The monoisotopic (exact) mass is 524 g/mol. The van der Waals surface area contributed by atoms with Crippen molar-refractivity contribution < 1.29 is 22.7 Å². The minimum absolute atomic E-state index is 0.0238. The van der Waals surface area contributed by atoms with Crippen LogP contribution in [0.5, 0.6) is 0 Å². The van der Waals surface area contributed by atoms with Crippen LogP contribution in [-0.2, 0) is 34.5 Å². The van der Waals surface area contributed by atoms with E-state index in [0.717, 1.165) is 45.9 Å². The van der Waals surface area contributed by atoms with Gasteiger partial charge in [-0.15, -0.1) is 0 Å². The van der Waals surface area contributed by atoms with Crippen molar-refractivity contribution in [2.45, 2.75) is 58.7 Å². The molecule has 2 N–H and O–H groups in total. The molecule has 1 unspecified atom stereocenters. The van der Waals surface area contributed by atoms with Crippen molar-refractivity contribution in [3.63, 3.8) is 0 Å². The van der Waals surface area contributed by atoms with E-state index in [2.05, 4.69) is 21.7 Å². The fraction of sp³-hybridized carbons (Fsp3) is 0.379. The number of aryl methyl sites for hydroxylation is 1. The summed E-state index contributed by atoms with van der Waals surface area (Å²) in [6, 6.07) is 12.9. The van der Waals surface area contributed by atoms with E-state index in [0.29, 0.717) is 24.5 Å². The maximum Gasteiger partial charge on any atom is 0.416 e. The van der Waals surface area contributed by atoms with E-state index in [1.807, 2.05) is 57.8 Å². The molecule has 5 rings (SSSR count). The highest BCUT2D eigenvalue weighted by molar-refractivity contribution is 6.04. The lowest BCUT2D eigenvalue weighted by Gasteiger charge is -2.38. The van der Waals surface area contributed by atoms with Crippen molar-refractivity contribution in [2.24, 2.45) is 5.92 Å². The predicted molar refractivity (Wildman–Crippen MR) is 141 cm³/mol. The molecule has 0 fully saturated rings. The molecule has 6 nitrogen and oxygen atoms in total. The van der Waals surface area contributed by atoms with Crippen LogP contribution in [-0.4, -0.2) is 24.0 Å². The van der Waals surface area contributed by atoms with Crippen LogP contribution in [0.3, 0.4) is 0 Å². The first-order valence-corrected chi connectivity index (χ1v) is 12.6. The smallest absolute Gasteiger partial charge is 0.366 e. The maximum atomic E-state index is 13.0. The van der Waals surface area contributed by atoms with Gasteiger partial charge < -0.3 is 20.3 Å². The second-order valence-electron chi connectivity index (χ2n) is 10.5. The molecule has 9 heteroatoms. The first-order valence-electron chi connectivity index (χ1n) is 12.6. The Morgan fingerprint density at radius 1 is 1.18 bits per heavy atom. The van der Waals surface area contributed by atoms with Crippen LogP contribution in [0.25, 0.3) is 0 Å². The molecule has 0 radical (unpaired) electrons. The lowest BCUT2D eigenvalue weighted by atomic mass is 9.86. The van der Waals surface area contributed by atoms with Gasteiger partial charge in [-0.1, -0.05) is 44.2 Å². The van der Waals surface area contributed by atoms with Gasteiger partial charge in [0.1, 0.15) is 17.5 Å². The van der Waals surface area contributed by atoms with Crippen molar-refractivity contribution >= 4 is 23.1 Å². The van der Waals surface area contributed by atoms with Crippen LogP contribution in [0.15, 0.2) is 48.5 Å². The summed E-state index contributed by atoms with van der Waals surface area (Å²) in [7, 11) is 1.93. The van der Waals surface area contributed by atoms with Crippen molar-refractivity contribution in [1.82, 2.24) is 4.98 Å². The molecule has 0 saturated heterocycles. The van der Waals surface area contributed by atoms with Gasteiger partial charge in [0, 0.05) is 19.7 Å². The van der Waals surface area contributed by atoms with Crippen LogP contribution in [0, 0.1) is 12.8 Å². The van der Waals surface area contributed by atoms with E-state index in [4.69, 9.17) is 4.74 Å². The molecule has 200 valence electrons. The second kappa shape index (κ2) is 9.31. The summed E-state index contributed by atoms with van der Waals surface area (Å²) >= 11 is 0. The van der Waals surface area contributed by atoms with E-state index in [-0.39, 0.29) is 17.9 Å². The molecule has 3 heterocycles. The normalized spacial score (nSPS) is 20.8. The molecule has 0 spiro atoms. The summed E-state index contributed by atoms with van der Waals surface area (Å²) in [6.07, 6.45) is -4.37. The number of fused-ring (bicyclic) bond motifs is 2. The number of amides is 1. The maximum absolute atomic E-state index is 13.0. The van der Waals surface area contributed by atoms with Gasteiger partial charge in [0.15, 0.2) is 0 Å². The average molecular weight is 525 g/mol. The van der Waals surface area contributed by atoms with Crippen LogP contribution in [0.2, 0.25) is 0 Å². The quantitative estimate of drug-likeness (QED) is 0.414. The van der Waals surface area contributed by atoms with Crippen LogP contribution >= 0.6 is 0 Å². The average Bonchev–Trinajstić information content (AvgIpc) is 3.20. The molecule has 2 aromatic carbocycles. The molecule has 1 amide bonds. The number of halogens is 3. The van der Waals surface area contributed by atoms with E-state index in [1.165, 1.54) is 12.1 Å². The van der Waals surface area contributed by atoms with E-state index < -0.39 is 17.3 Å². The highest BCUT2D eigenvalue weighted by atomic mass is 19.4. The molecule has 38 heavy (non-hydrogen) atoms. The third-order valence-corrected chi connectivity index (χ3v) is 7.56. The molecule has 3 aromatic rings. The number of hydrogen-bond acceptors (Lipinski definition) is 5. The van der Waals surface area contributed by atoms with E-state index in [9.17, 15) is 18.0 Å². The van der Waals surface area contributed by atoms with Crippen LogP contribution < -0.4 is 15.5 Å². The minimum atomic E-state index is -4.37. The first-order chi connectivity index (χ1) is 17.9. The highest BCUT2D eigenvalue weighted by Gasteiger charge is 2.38. The fourth-order valence-corrected chi connectivity index (χ4v) is 5.50. The van der Waals surface area contributed by atoms with Gasteiger partial charge in [-0.05, 0) is 54.2 Å². The molecule has 2 atom stereocenters. The van der Waals surface area contributed by atoms with Crippen molar-refractivity contribution in [3.05, 3.63) is 82.0 Å². The SMILES string of the molecule is Cc1nc(NCc2ccc3c(c2)COC3(C)c2ccc(C(F)(F)F)cc2)cc2c1NC(=O)[C@H](C(C)C)N2C. The third kappa shape index (κ3) is 4.49. The van der Waals surface area contributed by atoms with Crippen molar-refractivity contribution in [2.75, 3.05) is 22.6 Å². The van der Waals surface area contributed by atoms with E-state index in [1.54, 1.807) is 0 Å². The Morgan fingerprint density at radius 3 is 2.55 bits per heavy atom. The zero-order valence-corrected chi connectivity index (χ0v) is 22.0. The standard InChI is InChI=1S/C29H31F3N4O2/c1-16(2)26-27(37)35-25-17(3)34-24(13-23(25)36(26)5)33-14-18-6-11-22-19(12-18)15-38-28(22,4)20-7-9-21(10-8-20)29(30,31)32/h6-13,16,26H,14-15H2,1-5H3,(H,33,34)(H,35,37)/t26-,28?/m0/s1. The number of hydrogen-bond donors (Lipinski definition) is 2. The summed E-state index contributed by atoms with van der Waals surface area (Å²) < 4.78 is 45.1. The molecular formula is C29H31F3N4O2. The number of ether oxygens (including phenoxy) is 1. The first kappa shape index (κ1) is 26.0. The molecule has 0 aliphatic carbocycles. The predicted octanol–water partition coefficient (Wildman–Crippen LogP) is 6.23. The lowest BCUT2D eigenvalue weighted by molar-refractivity contribution is -0.137. The molecule has 0 saturated carbocycles. The summed E-state index contributed by atoms with van der Waals surface area (Å²) in [6.45, 7) is 8.72. The van der Waals surface area contributed by atoms with Gasteiger partial charge in [0.2, 0.25) is 5.91 Å². The summed E-state index contributed by atoms with van der Waals surface area (Å²) in [5, 5.41) is 6.40.